The molecule has 1 fully saturated rings. The molecule has 1 aromatic carbocycles. The van der Waals surface area contributed by atoms with Gasteiger partial charge in [-0.1, -0.05) is 6.07 Å². The molecule has 1 atom stereocenters. The second-order valence-corrected chi connectivity index (χ2v) is 5.32. The van der Waals surface area contributed by atoms with Crippen LogP contribution in [0.4, 0.5) is 0 Å². The van der Waals surface area contributed by atoms with Crippen LogP contribution in [-0.4, -0.2) is 42.8 Å². The lowest BCUT2D eigenvalue weighted by atomic mass is 10.2. The van der Waals surface area contributed by atoms with Gasteiger partial charge in [0.15, 0.2) is 6.10 Å². The molecule has 1 unspecified atom stereocenters. The van der Waals surface area contributed by atoms with Crippen LogP contribution in [0.1, 0.15) is 36.0 Å². The third kappa shape index (κ3) is 4.46. The number of ether oxygens (including phenoxy) is 2. The third-order valence-electron chi connectivity index (χ3n) is 3.71. The molecule has 0 radical (unpaired) electrons. The molecule has 1 saturated carbocycles. The van der Waals surface area contributed by atoms with Crippen molar-refractivity contribution < 1.29 is 24.2 Å². The maximum absolute atomic E-state index is 12.1. The second kappa shape index (κ2) is 7.79. The summed E-state index contributed by atoms with van der Waals surface area (Å²) in [6.07, 6.45) is 3.62. The molecule has 0 aromatic heterocycles. The van der Waals surface area contributed by atoms with E-state index < -0.39 is 12.1 Å². The van der Waals surface area contributed by atoms with Crippen LogP contribution in [-0.2, 0) is 9.53 Å². The number of benzene rings is 1. The van der Waals surface area contributed by atoms with Crippen molar-refractivity contribution in [3.8, 4) is 5.75 Å². The Kier molecular flexibility index (Phi) is 5.77. The second-order valence-electron chi connectivity index (χ2n) is 5.32. The van der Waals surface area contributed by atoms with Crippen molar-refractivity contribution in [1.82, 2.24) is 5.32 Å². The molecule has 6 nitrogen and oxygen atoms in total. The molecule has 0 aliphatic heterocycles. The molecule has 0 spiro atoms. The van der Waals surface area contributed by atoms with Crippen molar-refractivity contribution in [2.75, 3.05) is 13.7 Å². The lowest BCUT2D eigenvalue weighted by Gasteiger charge is -2.14. The Labute approximate surface area is 129 Å². The summed E-state index contributed by atoms with van der Waals surface area (Å²) in [5.41, 5.74) is 0.440. The molecule has 2 rings (SSSR count). The number of hydrogen-bond donors (Lipinski definition) is 2. The Balaban J connectivity index is 1.93. The highest BCUT2D eigenvalue weighted by Crippen LogP contribution is 2.24. The highest BCUT2D eigenvalue weighted by atomic mass is 16.5. The van der Waals surface area contributed by atoms with Crippen molar-refractivity contribution in [1.29, 1.82) is 0 Å². The van der Waals surface area contributed by atoms with Gasteiger partial charge in [0, 0.05) is 12.7 Å². The molecular formula is C16H21NO5. The van der Waals surface area contributed by atoms with E-state index in [1.54, 1.807) is 18.2 Å². The van der Waals surface area contributed by atoms with Crippen molar-refractivity contribution in [2.24, 2.45) is 0 Å². The topological polar surface area (TPSA) is 84.9 Å². The summed E-state index contributed by atoms with van der Waals surface area (Å²) < 4.78 is 10.6. The molecular weight excluding hydrogens is 286 g/mol. The summed E-state index contributed by atoms with van der Waals surface area (Å²) in [7, 11) is 1.29. The van der Waals surface area contributed by atoms with Gasteiger partial charge in [-0.2, -0.15) is 0 Å². The largest absolute Gasteiger partial charge is 0.490 e. The number of methoxy groups -OCH3 is 1. The quantitative estimate of drug-likeness (QED) is 0.803. The molecule has 1 aromatic rings. The zero-order chi connectivity index (χ0) is 15.9. The first-order chi connectivity index (χ1) is 10.6. The Hall–Kier alpha value is -2.08. The van der Waals surface area contributed by atoms with Crippen LogP contribution < -0.4 is 10.1 Å². The number of hydrogen-bond acceptors (Lipinski definition) is 4. The zero-order valence-corrected chi connectivity index (χ0v) is 12.6. The van der Waals surface area contributed by atoms with Crippen LogP contribution in [0.25, 0.3) is 0 Å². The van der Waals surface area contributed by atoms with Gasteiger partial charge in [0.05, 0.1) is 12.6 Å². The van der Waals surface area contributed by atoms with Crippen LogP contribution in [0.15, 0.2) is 24.3 Å². The number of carboxylic acids is 1. The van der Waals surface area contributed by atoms with E-state index in [2.05, 4.69) is 5.32 Å². The fourth-order valence-corrected chi connectivity index (χ4v) is 2.47. The van der Waals surface area contributed by atoms with Crippen LogP contribution in [0, 0.1) is 0 Å². The SMILES string of the molecule is COC(CNC(=O)c1cccc(OC2CCCC2)c1)C(=O)O. The Bertz CT molecular complexity index is 525. The maximum Gasteiger partial charge on any atom is 0.334 e. The van der Waals surface area contributed by atoms with E-state index in [1.807, 2.05) is 6.07 Å². The minimum Gasteiger partial charge on any atom is -0.490 e. The number of aliphatic carboxylic acids is 1. The molecule has 0 heterocycles. The number of carboxylic acid groups (broad SMARTS) is 1. The van der Waals surface area contributed by atoms with Crippen LogP contribution in [0.5, 0.6) is 5.75 Å². The smallest absolute Gasteiger partial charge is 0.334 e. The van der Waals surface area contributed by atoms with Crippen molar-refractivity contribution in [3.63, 3.8) is 0 Å². The summed E-state index contributed by atoms with van der Waals surface area (Å²) in [4.78, 5) is 22.9. The van der Waals surface area contributed by atoms with Crippen LogP contribution in [0.3, 0.4) is 0 Å². The Morgan fingerprint density at radius 1 is 1.36 bits per heavy atom. The van der Waals surface area contributed by atoms with Gasteiger partial charge in [0.2, 0.25) is 0 Å². The first-order valence-electron chi connectivity index (χ1n) is 7.40. The number of amides is 1. The lowest BCUT2D eigenvalue weighted by molar-refractivity contribution is -0.148. The van der Waals surface area contributed by atoms with Gasteiger partial charge in [-0.25, -0.2) is 4.79 Å². The minimum absolute atomic E-state index is 0.0849. The number of rotatable bonds is 7. The molecule has 120 valence electrons. The predicted octanol–water partition coefficient (Wildman–Crippen LogP) is 1.84. The molecule has 0 bridgehead atoms. The standard InChI is InChI=1S/C16H21NO5/c1-21-14(16(19)20)10-17-15(18)11-5-4-8-13(9-11)22-12-6-2-3-7-12/h4-5,8-9,12,14H,2-3,6-7,10H2,1H3,(H,17,18)(H,19,20). The highest BCUT2D eigenvalue weighted by molar-refractivity contribution is 5.94. The summed E-state index contributed by atoms with van der Waals surface area (Å²) in [6.45, 7) is -0.0849. The van der Waals surface area contributed by atoms with E-state index in [4.69, 9.17) is 14.6 Å². The normalized spacial score (nSPS) is 16.2. The van der Waals surface area contributed by atoms with Gasteiger partial charge in [-0.3, -0.25) is 4.79 Å². The molecule has 2 N–H and O–H groups in total. The summed E-state index contributed by atoms with van der Waals surface area (Å²) in [5.74, 6) is -0.789. The van der Waals surface area contributed by atoms with Crippen molar-refractivity contribution in [3.05, 3.63) is 29.8 Å². The summed E-state index contributed by atoms with van der Waals surface area (Å²) in [6, 6.07) is 6.92. The predicted molar refractivity (Wildman–Crippen MR) is 80.1 cm³/mol. The van der Waals surface area contributed by atoms with E-state index >= 15 is 0 Å². The van der Waals surface area contributed by atoms with Crippen molar-refractivity contribution in [2.45, 2.75) is 37.9 Å². The minimum atomic E-state index is -1.11. The van der Waals surface area contributed by atoms with Gasteiger partial charge in [0.25, 0.3) is 5.91 Å². The number of carbonyl (C=O) groups excluding carboxylic acids is 1. The van der Waals surface area contributed by atoms with E-state index in [1.165, 1.54) is 20.0 Å². The molecule has 1 aliphatic rings. The first kappa shape index (κ1) is 16.3. The van der Waals surface area contributed by atoms with E-state index in [-0.39, 0.29) is 18.6 Å². The highest BCUT2D eigenvalue weighted by Gasteiger charge is 2.19. The molecule has 1 aliphatic carbocycles. The number of nitrogens with one attached hydrogen (secondary N) is 1. The Morgan fingerprint density at radius 2 is 2.09 bits per heavy atom. The molecule has 1 amide bonds. The summed E-state index contributed by atoms with van der Waals surface area (Å²) in [5, 5.41) is 11.4. The van der Waals surface area contributed by atoms with Crippen LogP contribution >= 0.6 is 0 Å². The maximum atomic E-state index is 12.1. The van der Waals surface area contributed by atoms with E-state index in [9.17, 15) is 9.59 Å². The summed E-state index contributed by atoms with van der Waals surface area (Å²) >= 11 is 0. The van der Waals surface area contributed by atoms with Gasteiger partial charge < -0.3 is 19.9 Å². The van der Waals surface area contributed by atoms with Gasteiger partial charge in [0.1, 0.15) is 5.75 Å². The van der Waals surface area contributed by atoms with Gasteiger partial charge >= 0.3 is 5.97 Å². The first-order valence-corrected chi connectivity index (χ1v) is 7.40. The van der Waals surface area contributed by atoms with E-state index in [0.29, 0.717) is 11.3 Å². The molecule has 22 heavy (non-hydrogen) atoms. The molecule has 6 heteroatoms. The van der Waals surface area contributed by atoms with Crippen LogP contribution in [0.2, 0.25) is 0 Å². The monoisotopic (exact) mass is 307 g/mol. The zero-order valence-electron chi connectivity index (χ0n) is 12.6. The number of carbonyl (C=O) groups is 2. The van der Waals surface area contributed by atoms with Gasteiger partial charge in [-0.15, -0.1) is 0 Å². The van der Waals surface area contributed by atoms with Crippen molar-refractivity contribution >= 4 is 11.9 Å². The lowest BCUT2D eigenvalue weighted by Crippen LogP contribution is -2.37. The molecule has 0 saturated heterocycles. The fourth-order valence-electron chi connectivity index (χ4n) is 2.47. The van der Waals surface area contributed by atoms with E-state index in [0.717, 1.165) is 12.8 Å². The van der Waals surface area contributed by atoms with Gasteiger partial charge in [-0.05, 0) is 43.9 Å². The fraction of sp³-hybridized carbons (Fsp3) is 0.500. The average molecular weight is 307 g/mol. The third-order valence-corrected chi connectivity index (χ3v) is 3.71. The Morgan fingerprint density at radius 3 is 2.73 bits per heavy atom. The average Bonchev–Trinajstić information content (AvgIpc) is 3.00.